The van der Waals surface area contributed by atoms with Gasteiger partial charge in [0.25, 0.3) is 0 Å². The summed E-state index contributed by atoms with van der Waals surface area (Å²) in [5.74, 6) is 1.22. The van der Waals surface area contributed by atoms with Crippen molar-refractivity contribution in [2.75, 3.05) is 5.32 Å². The SMILES string of the molecule is Fc1ccccc1Oc1cccc(CNc2cc3c(cn2)[nH]c2ccccc23)c1. The average molecular weight is 383 g/mol. The largest absolute Gasteiger partial charge is 0.454 e. The minimum atomic E-state index is -0.382. The van der Waals surface area contributed by atoms with Crippen molar-refractivity contribution in [3.05, 3.63) is 96.4 Å². The maximum absolute atomic E-state index is 13.8. The molecule has 0 spiro atoms. The zero-order valence-electron chi connectivity index (χ0n) is 15.5. The van der Waals surface area contributed by atoms with E-state index in [0.717, 1.165) is 27.8 Å². The summed E-state index contributed by atoms with van der Waals surface area (Å²) >= 11 is 0. The molecule has 0 saturated carbocycles. The van der Waals surface area contributed by atoms with Crippen LogP contribution in [-0.4, -0.2) is 9.97 Å². The fraction of sp³-hybridized carbons (Fsp3) is 0.0417. The first kappa shape index (κ1) is 17.3. The highest BCUT2D eigenvalue weighted by Crippen LogP contribution is 2.27. The molecule has 0 saturated heterocycles. The Bertz CT molecular complexity index is 1310. The van der Waals surface area contributed by atoms with Gasteiger partial charge in [0.15, 0.2) is 11.6 Å². The molecule has 0 aliphatic rings. The lowest BCUT2D eigenvalue weighted by Crippen LogP contribution is -2.01. The molecule has 142 valence electrons. The summed E-state index contributed by atoms with van der Waals surface area (Å²) in [6.45, 7) is 0.579. The van der Waals surface area contributed by atoms with Crippen LogP contribution >= 0.6 is 0 Å². The molecule has 0 radical (unpaired) electrons. The van der Waals surface area contributed by atoms with Gasteiger partial charge in [-0.2, -0.15) is 0 Å². The second-order valence-corrected chi connectivity index (χ2v) is 6.82. The highest BCUT2D eigenvalue weighted by Gasteiger charge is 2.07. The lowest BCUT2D eigenvalue weighted by atomic mass is 10.2. The Labute approximate surface area is 167 Å². The second kappa shape index (κ2) is 7.28. The Balaban J connectivity index is 1.35. The van der Waals surface area contributed by atoms with Gasteiger partial charge in [-0.05, 0) is 42.0 Å². The van der Waals surface area contributed by atoms with Crippen LogP contribution < -0.4 is 10.1 Å². The molecule has 2 heterocycles. The van der Waals surface area contributed by atoms with E-state index in [1.54, 1.807) is 18.2 Å². The van der Waals surface area contributed by atoms with E-state index < -0.39 is 0 Å². The quantitative estimate of drug-likeness (QED) is 0.377. The van der Waals surface area contributed by atoms with Crippen LogP contribution in [0.5, 0.6) is 11.5 Å². The summed E-state index contributed by atoms with van der Waals surface area (Å²) in [7, 11) is 0. The number of halogens is 1. The van der Waals surface area contributed by atoms with Crippen LogP contribution in [0.2, 0.25) is 0 Å². The van der Waals surface area contributed by atoms with Gasteiger partial charge in [-0.15, -0.1) is 0 Å². The summed E-state index contributed by atoms with van der Waals surface area (Å²) in [6, 6.07) is 24.2. The van der Waals surface area contributed by atoms with Crippen molar-refractivity contribution >= 4 is 27.6 Å². The number of aromatic nitrogens is 2. The third-order valence-electron chi connectivity index (χ3n) is 4.83. The molecular formula is C24H18FN3O. The van der Waals surface area contributed by atoms with Crippen molar-refractivity contribution < 1.29 is 9.13 Å². The number of H-pyrrole nitrogens is 1. The van der Waals surface area contributed by atoms with E-state index in [1.165, 1.54) is 11.5 Å². The molecule has 0 bridgehead atoms. The number of aromatic amines is 1. The minimum absolute atomic E-state index is 0.212. The normalized spacial score (nSPS) is 11.1. The first-order chi connectivity index (χ1) is 14.3. The monoisotopic (exact) mass is 383 g/mol. The van der Waals surface area contributed by atoms with Gasteiger partial charge in [0.1, 0.15) is 11.6 Å². The number of anilines is 1. The zero-order valence-corrected chi connectivity index (χ0v) is 15.5. The summed E-state index contributed by atoms with van der Waals surface area (Å²) in [5.41, 5.74) is 3.12. The van der Waals surface area contributed by atoms with Crippen LogP contribution in [0.1, 0.15) is 5.56 Å². The summed E-state index contributed by atoms with van der Waals surface area (Å²) in [4.78, 5) is 7.87. The van der Waals surface area contributed by atoms with Gasteiger partial charge in [-0.3, -0.25) is 0 Å². The fourth-order valence-electron chi connectivity index (χ4n) is 3.41. The molecule has 4 nitrogen and oxygen atoms in total. The Morgan fingerprint density at radius 1 is 0.862 bits per heavy atom. The minimum Gasteiger partial charge on any atom is -0.454 e. The number of ether oxygens (including phenoxy) is 1. The lowest BCUT2D eigenvalue weighted by molar-refractivity contribution is 0.442. The molecule has 0 unspecified atom stereocenters. The smallest absolute Gasteiger partial charge is 0.165 e. The predicted octanol–water partition coefficient (Wildman–Crippen LogP) is 6.26. The van der Waals surface area contributed by atoms with Crippen LogP contribution in [-0.2, 0) is 6.54 Å². The number of fused-ring (bicyclic) bond motifs is 3. The van der Waals surface area contributed by atoms with Crippen molar-refractivity contribution in [2.45, 2.75) is 6.54 Å². The zero-order chi connectivity index (χ0) is 19.6. The van der Waals surface area contributed by atoms with Gasteiger partial charge < -0.3 is 15.0 Å². The number of hydrogen-bond acceptors (Lipinski definition) is 3. The number of para-hydroxylation sites is 2. The first-order valence-electron chi connectivity index (χ1n) is 9.38. The van der Waals surface area contributed by atoms with Crippen LogP contribution in [0.4, 0.5) is 10.2 Å². The lowest BCUT2D eigenvalue weighted by Gasteiger charge is -2.10. The predicted molar refractivity (Wildman–Crippen MR) is 114 cm³/mol. The first-order valence-corrected chi connectivity index (χ1v) is 9.38. The van der Waals surface area contributed by atoms with Gasteiger partial charge in [0.2, 0.25) is 0 Å². The molecule has 0 aliphatic heterocycles. The van der Waals surface area contributed by atoms with Crippen molar-refractivity contribution in [3.8, 4) is 11.5 Å². The Hall–Kier alpha value is -3.86. The molecule has 0 fully saturated rings. The van der Waals surface area contributed by atoms with Gasteiger partial charge in [0.05, 0.1) is 11.7 Å². The van der Waals surface area contributed by atoms with Crippen molar-refractivity contribution in [1.82, 2.24) is 9.97 Å². The third-order valence-corrected chi connectivity index (χ3v) is 4.83. The van der Waals surface area contributed by atoms with E-state index in [2.05, 4.69) is 27.4 Å². The summed E-state index contributed by atoms with van der Waals surface area (Å²) in [6.07, 6.45) is 1.84. The highest BCUT2D eigenvalue weighted by molar-refractivity contribution is 6.07. The van der Waals surface area contributed by atoms with E-state index in [4.69, 9.17) is 4.74 Å². The van der Waals surface area contributed by atoms with Gasteiger partial charge in [-0.1, -0.05) is 42.5 Å². The molecule has 0 aliphatic carbocycles. The second-order valence-electron chi connectivity index (χ2n) is 6.82. The van der Waals surface area contributed by atoms with Crippen molar-refractivity contribution in [2.24, 2.45) is 0 Å². The molecule has 3 aromatic carbocycles. The van der Waals surface area contributed by atoms with E-state index in [1.807, 2.05) is 48.7 Å². The molecule has 2 N–H and O–H groups in total. The Morgan fingerprint density at radius 2 is 1.72 bits per heavy atom. The molecule has 5 aromatic rings. The van der Waals surface area contributed by atoms with Crippen LogP contribution in [0, 0.1) is 5.82 Å². The maximum atomic E-state index is 13.8. The van der Waals surface area contributed by atoms with Crippen molar-refractivity contribution in [3.63, 3.8) is 0 Å². The Morgan fingerprint density at radius 3 is 2.66 bits per heavy atom. The molecule has 0 amide bonds. The third kappa shape index (κ3) is 3.50. The number of nitrogens with one attached hydrogen (secondary N) is 2. The van der Waals surface area contributed by atoms with E-state index in [9.17, 15) is 4.39 Å². The number of hydrogen-bond donors (Lipinski definition) is 2. The number of pyridine rings is 1. The average Bonchev–Trinajstić information content (AvgIpc) is 3.12. The molecule has 2 aromatic heterocycles. The molecule has 29 heavy (non-hydrogen) atoms. The molecule has 5 heteroatoms. The van der Waals surface area contributed by atoms with Gasteiger partial charge in [-0.25, -0.2) is 9.37 Å². The molecule has 0 atom stereocenters. The number of benzene rings is 3. The van der Waals surface area contributed by atoms with E-state index in [-0.39, 0.29) is 11.6 Å². The van der Waals surface area contributed by atoms with E-state index >= 15 is 0 Å². The summed E-state index contributed by atoms with van der Waals surface area (Å²) in [5, 5.41) is 5.66. The maximum Gasteiger partial charge on any atom is 0.165 e. The van der Waals surface area contributed by atoms with Crippen LogP contribution in [0.25, 0.3) is 21.8 Å². The number of rotatable bonds is 5. The fourth-order valence-corrected chi connectivity index (χ4v) is 3.41. The van der Waals surface area contributed by atoms with Crippen LogP contribution in [0.15, 0.2) is 85.1 Å². The highest BCUT2D eigenvalue weighted by atomic mass is 19.1. The number of nitrogens with zero attached hydrogens (tertiary/aromatic N) is 1. The van der Waals surface area contributed by atoms with Gasteiger partial charge in [0, 0.05) is 22.8 Å². The topological polar surface area (TPSA) is 49.9 Å². The van der Waals surface area contributed by atoms with Crippen LogP contribution in [0.3, 0.4) is 0 Å². The molecule has 5 rings (SSSR count). The Kier molecular flexibility index (Phi) is 4.33. The standard InChI is InChI=1S/C24H18FN3O/c25-20-9-2-4-11-23(20)29-17-7-5-6-16(12-17)14-26-24-13-19-18-8-1-3-10-21(18)28-22(19)15-27-24/h1-13,15,28H,14H2,(H,26,27). The van der Waals surface area contributed by atoms with Crippen molar-refractivity contribution in [1.29, 1.82) is 0 Å². The molecular weight excluding hydrogens is 365 g/mol. The summed E-state index contributed by atoms with van der Waals surface area (Å²) < 4.78 is 19.5. The van der Waals surface area contributed by atoms with Gasteiger partial charge >= 0.3 is 0 Å². The van der Waals surface area contributed by atoms with E-state index in [0.29, 0.717) is 12.3 Å².